The van der Waals surface area contributed by atoms with Crippen molar-refractivity contribution in [2.45, 2.75) is 26.7 Å². The Morgan fingerprint density at radius 1 is 1.47 bits per heavy atom. The molecule has 0 amide bonds. The van der Waals surface area contributed by atoms with Gasteiger partial charge in [-0.1, -0.05) is 0 Å². The van der Waals surface area contributed by atoms with Gasteiger partial charge in [0.05, 0.1) is 23.7 Å². The quantitative estimate of drug-likeness (QED) is 0.801. The first-order valence-electron chi connectivity index (χ1n) is 5.92. The van der Waals surface area contributed by atoms with E-state index in [-0.39, 0.29) is 11.3 Å². The van der Waals surface area contributed by atoms with Gasteiger partial charge in [0.1, 0.15) is 11.6 Å². The summed E-state index contributed by atoms with van der Waals surface area (Å²) in [7, 11) is 0. The van der Waals surface area contributed by atoms with Crippen LogP contribution in [0.2, 0.25) is 0 Å². The standard InChI is InChI=1S/C14H16FNO3/c1-14(2,9-16)4-3-5-19-12-7-10(13(17)18)6-11(15)8-12/h6-8H,3-5H2,1-2H3,(H,17,18). The lowest BCUT2D eigenvalue weighted by molar-refractivity contribution is 0.0695. The van der Waals surface area contributed by atoms with E-state index in [0.29, 0.717) is 19.4 Å². The van der Waals surface area contributed by atoms with Crippen molar-refractivity contribution in [1.82, 2.24) is 0 Å². The third kappa shape index (κ3) is 4.96. The summed E-state index contributed by atoms with van der Waals surface area (Å²) >= 11 is 0. The smallest absolute Gasteiger partial charge is 0.335 e. The van der Waals surface area contributed by atoms with Crippen LogP contribution in [0, 0.1) is 22.6 Å². The highest BCUT2D eigenvalue weighted by molar-refractivity contribution is 5.88. The summed E-state index contributed by atoms with van der Waals surface area (Å²) in [6.07, 6.45) is 1.30. The summed E-state index contributed by atoms with van der Waals surface area (Å²) in [6.45, 7) is 3.98. The Bertz CT molecular complexity index is 506. The number of carboxylic acid groups (broad SMARTS) is 1. The predicted molar refractivity (Wildman–Crippen MR) is 67.5 cm³/mol. The molecule has 1 N–H and O–H groups in total. The van der Waals surface area contributed by atoms with Gasteiger partial charge in [-0.3, -0.25) is 0 Å². The molecule has 19 heavy (non-hydrogen) atoms. The Hall–Kier alpha value is -2.09. The number of nitrogens with zero attached hydrogens (tertiary/aromatic N) is 1. The van der Waals surface area contributed by atoms with E-state index in [0.717, 1.165) is 12.1 Å². The van der Waals surface area contributed by atoms with E-state index in [1.165, 1.54) is 6.07 Å². The van der Waals surface area contributed by atoms with E-state index in [2.05, 4.69) is 6.07 Å². The largest absolute Gasteiger partial charge is 0.493 e. The SMILES string of the molecule is CC(C)(C#N)CCCOc1cc(F)cc(C(=O)O)c1. The van der Waals surface area contributed by atoms with E-state index >= 15 is 0 Å². The average Bonchev–Trinajstić information content (AvgIpc) is 2.34. The van der Waals surface area contributed by atoms with Crippen molar-refractivity contribution < 1.29 is 19.0 Å². The molecule has 1 aromatic carbocycles. The zero-order valence-corrected chi connectivity index (χ0v) is 10.9. The predicted octanol–water partition coefficient (Wildman–Crippen LogP) is 3.23. The molecule has 0 saturated carbocycles. The van der Waals surface area contributed by atoms with Crippen LogP contribution in [0.5, 0.6) is 5.75 Å². The summed E-state index contributed by atoms with van der Waals surface area (Å²) in [4.78, 5) is 10.7. The average molecular weight is 265 g/mol. The molecular formula is C14H16FNO3. The van der Waals surface area contributed by atoms with E-state index in [1.54, 1.807) is 0 Å². The Balaban J connectivity index is 2.55. The second-order valence-electron chi connectivity index (χ2n) is 4.93. The minimum absolute atomic E-state index is 0.146. The van der Waals surface area contributed by atoms with Crippen LogP contribution in [0.4, 0.5) is 4.39 Å². The van der Waals surface area contributed by atoms with Crippen LogP contribution in [0.3, 0.4) is 0 Å². The molecule has 0 heterocycles. The Kier molecular flexibility index (Phi) is 4.87. The van der Waals surface area contributed by atoms with Crippen LogP contribution in [-0.2, 0) is 0 Å². The summed E-state index contributed by atoms with van der Waals surface area (Å²) in [5.41, 5.74) is -0.565. The fraction of sp³-hybridized carbons (Fsp3) is 0.429. The van der Waals surface area contributed by atoms with Crippen molar-refractivity contribution in [2.24, 2.45) is 5.41 Å². The number of ether oxygens (including phenoxy) is 1. The molecule has 1 rings (SSSR count). The van der Waals surface area contributed by atoms with Gasteiger partial charge in [0.25, 0.3) is 0 Å². The Morgan fingerprint density at radius 3 is 2.74 bits per heavy atom. The van der Waals surface area contributed by atoms with Gasteiger partial charge in [-0.15, -0.1) is 0 Å². The number of carboxylic acids is 1. The third-order valence-electron chi connectivity index (χ3n) is 2.64. The van der Waals surface area contributed by atoms with E-state index in [1.807, 2.05) is 13.8 Å². The van der Waals surface area contributed by atoms with Crippen molar-refractivity contribution in [3.05, 3.63) is 29.6 Å². The summed E-state index contributed by atoms with van der Waals surface area (Å²) < 4.78 is 18.5. The molecule has 0 aliphatic heterocycles. The molecule has 102 valence electrons. The van der Waals surface area contributed by atoms with E-state index < -0.39 is 17.2 Å². The molecule has 0 radical (unpaired) electrons. The minimum atomic E-state index is -1.20. The van der Waals surface area contributed by atoms with Gasteiger partial charge in [0.2, 0.25) is 0 Å². The van der Waals surface area contributed by atoms with Crippen molar-refractivity contribution in [3.8, 4) is 11.8 Å². The second kappa shape index (κ2) is 6.19. The molecule has 0 fully saturated rings. The molecule has 0 aliphatic carbocycles. The first-order valence-corrected chi connectivity index (χ1v) is 5.92. The molecule has 4 nitrogen and oxygen atoms in total. The van der Waals surface area contributed by atoms with Crippen molar-refractivity contribution >= 4 is 5.97 Å². The fourth-order valence-corrected chi connectivity index (χ4v) is 1.53. The molecule has 0 bridgehead atoms. The van der Waals surface area contributed by atoms with Crippen LogP contribution in [-0.4, -0.2) is 17.7 Å². The molecule has 5 heteroatoms. The lowest BCUT2D eigenvalue weighted by atomic mass is 9.90. The molecule has 0 spiro atoms. The van der Waals surface area contributed by atoms with Crippen molar-refractivity contribution in [1.29, 1.82) is 5.26 Å². The highest BCUT2D eigenvalue weighted by Crippen LogP contribution is 2.21. The number of rotatable bonds is 6. The summed E-state index contributed by atoms with van der Waals surface area (Å²) in [5.74, 6) is -1.66. The number of benzene rings is 1. The van der Waals surface area contributed by atoms with E-state index in [9.17, 15) is 9.18 Å². The Morgan fingerprint density at radius 2 is 2.16 bits per heavy atom. The van der Waals surface area contributed by atoms with Gasteiger partial charge in [-0.2, -0.15) is 5.26 Å². The van der Waals surface area contributed by atoms with Crippen LogP contribution < -0.4 is 4.74 Å². The third-order valence-corrected chi connectivity index (χ3v) is 2.64. The number of nitriles is 1. The zero-order valence-electron chi connectivity index (χ0n) is 10.9. The number of halogens is 1. The van der Waals surface area contributed by atoms with Gasteiger partial charge in [-0.25, -0.2) is 9.18 Å². The molecule has 0 aliphatic rings. The summed E-state index contributed by atoms with van der Waals surface area (Å²) in [5, 5.41) is 17.6. The van der Waals surface area contributed by atoms with Crippen molar-refractivity contribution in [2.75, 3.05) is 6.61 Å². The first kappa shape index (κ1) is 15.0. The van der Waals surface area contributed by atoms with Crippen molar-refractivity contribution in [3.63, 3.8) is 0 Å². The number of hydrogen-bond acceptors (Lipinski definition) is 3. The lowest BCUT2D eigenvalue weighted by Gasteiger charge is -2.14. The van der Waals surface area contributed by atoms with Gasteiger partial charge in [-0.05, 0) is 38.8 Å². The Labute approximate surface area is 111 Å². The van der Waals surface area contributed by atoms with Gasteiger partial charge in [0.15, 0.2) is 0 Å². The molecule has 0 saturated heterocycles. The van der Waals surface area contributed by atoms with Gasteiger partial charge >= 0.3 is 5.97 Å². The zero-order chi connectivity index (χ0) is 14.5. The molecule has 0 aromatic heterocycles. The summed E-state index contributed by atoms with van der Waals surface area (Å²) in [6, 6.07) is 5.54. The highest BCUT2D eigenvalue weighted by Gasteiger charge is 2.15. The molecule has 0 unspecified atom stereocenters. The maximum absolute atomic E-state index is 13.2. The van der Waals surface area contributed by atoms with E-state index in [4.69, 9.17) is 15.1 Å². The van der Waals surface area contributed by atoms with Crippen LogP contribution in [0.25, 0.3) is 0 Å². The first-order chi connectivity index (χ1) is 8.84. The minimum Gasteiger partial charge on any atom is -0.493 e. The molecule has 0 atom stereocenters. The molecule has 1 aromatic rings. The van der Waals surface area contributed by atoms with Gasteiger partial charge < -0.3 is 9.84 Å². The van der Waals surface area contributed by atoms with Gasteiger partial charge in [0, 0.05) is 6.07 Å². The fourth-order valence-electron chi connectivity index (χ4n) is 1.53. The maximum atomic E-state index is 13.2. The highest BCUT2D eigenvalue weighted by atomic mass is 19.1. The van der Waals surface area contributed by atoms with Crippen LogP contribution in [0.1, 0.15) is 37.0 Å². The normalized spacial score (nSPS) is 10.8. The number of aromatic carboxylic acids is 1. The number of carbonyl (C=O) groups is 1. The number of hydrogen-bond donors (Lipinski definition) is 1. The lowest BCUT2D eigenvalue weighted by Crippen LogP contribution is -2.10. The monoisotopic (exact) mass is 265 g/mol. The van der Waals surface area contributed by atoms with Crippen LogP contribution >= 0.6 is 0 Å². The molecular weight excluding hydrogens is 249 g/mol. The maximum Gasteiger partial charge on any atom is 0.335 e. The topological polar surface area (TPSA) is 70.3 Å². The van der Waals surface area contributed by atoms with Crippen LogP contribution in [0.15, 0.2) is 18.2 Å². The second-order valence-corrected chi connectivity index (χ2v) is 4.93.